The fourth-order valence-corrected chi connectivity index (χ4v) is 1.32. The predicted molar refractivity (Wildman–Crippen MR) is 50.7 cm³/mol. The molecule has 1 heterocycles. The molecule has 0 bridgehead atoms. The van der Waals surface area contributed by atoms with Gasteiger partial charge in [-0.05, 0) is 25.7 Å². The van der Waals surface area contributed by atoms with E-state index in [-0.39, 0.29) is 0 Å². The van der Waals surface area contributed by atoms with E-state index in [0.717, 1.165) is 6.04 Å². The van der Waals surface area contributed by atoms with Crippen LogP contribution in [-0.4, -0.2) is 41.4 Å². The summed E-state index contributed by atoms with van der Waals surface area (Å²) in [5.41, 5.74) is 3.49. The highest BCUT2D eigenvalue weighted by Crippen LogP contribution is 2.20. The fraction of sp³-hybridized carbons (Fsp3) is 0.889. The second kappa shape index (κ2) is 5.49. The topological polar surface area (TPSA) is 52.6 Å². The molecule has 2 aliphatic rings. The average molecular weight is 240 g/mol. The largest absolute Gasteiger partial charge is 0.490 e. The van der Waals surface area contributed by atoms with Gasteiger partial charge in [0.15, 0.2) is 0 Å². The minimum atomic E-state index is -5.08. The molecule has 7 heteroatoms. The molecule has 0 atom stereocenters. The van der Waals surface area contributed by atoms with E-state index in [9.17, 15) is 13.2 Å². The van der Waals surface area contributed by atoms with E-state index >= 15 is 0 Å². The molecule has 1 saturated carbocycles. The van der Waals surface area contributed by atoms with Gasteiger partial charge in [-0.15, -0.1) is 0 Å². The summed E-state index contributed by atoms with van der Waals surface area (Å²) in [4.78, 5) is 8.90. The first kappa shape index (κ1) is 13.2. The quantitative estimate of drug-likeness (QED) is 0.765. The number of aliphatic carboxylic acids is 1. The van der Waals surface area contributed by atoms with E-state index in [0.29, 0.717) is 0 Å². The molecule has 0 aromatic rings. The standard InChI is InChI=1S/C7H14N2.C2HF3O2/c1-2-6-9(5-1)8-7-3-4-7;3-2(4,5)1(6)7/h7-8H,1-6H2;(H,6,7). The average Bonchev–Trinajstić information content (AvgIpc) is 2.79. The third kappa shape index (κ3) is 5.32. The zero-order valence-corrected chi connectivity index (χ0v) is 8.76. The molecule has 1 aliphatic carbocycles. The van der Waals surface area contributed by atoms with Crippen molar-refractivity contribution in [3.8, 4) is 0 Å². The summed E-state index contributed by atoms with van der Waals surface area (Å²) in [6.45, 7) is 2.55. The SMILES string of the molecule is C1CCN(NC2CC2)C1.O=C(O)C(F)(F)F. The van der Waals surface area contributed by atoms with Crippen molar-refractivity contribution in [2.24, 2.45) is 0 Å². The second-order valence-corrected chi connectivity index (χ2v) is 3.90. The van der Waals surface area contributed by atoms with Crippen LogP contribution < -0.4 is 5.43 Å². The maximum absolute atomic E-state index is 10.6. The van der Waals surface area contributed by atoms with Crippen LogP contribution in [-0.2, 0) is 4.79 Å². The number of carboxylic acid groups (broad SMARTS) is 1. The molecule has 16 heavy (non-hydrogen) atoms. The van der Waals surface area contributed by atoms with Crippen LogP contribution in [0.15, 0.2) is 0 Å². The first-order valence-electron chi connectivity index (χ1n) is 5.21. The smallest absolute Gasteiger partial charge is 0.475 e. The van der Waals surface area contributed by atoms with Gasteiger partial charge in [0.1, 0.15) is 0 Å². The van der Waals surface area contributed by atoms with Crippen molar-refractivity contribution in [1.29, 1.82) is 0 Å². The Bertz CT molecular complexity index is 235. The van der Waals surface area contributed by atoms with E-state index in [1.807, 2.05) is 0 Å². The Kier molecular flexibility index (Phi) is 4.55. The van der Waals surface area contributed by atoms with E-state index in [1.165, 1.54) is 38.8 Å². The number of hydrogen-bond acceptors (Lipinski definition) is 3. The van der Waals surface area contributed by atoms with E-state index in [2.05, 4.69) is 10.4 Å². The molecule has 0 aromatic heterocycles. The van der Waals surface area contributed by atoms with Crippen molar-refractivity contribution >= 4 is 5.97 Å². The minimum absolute atomic E-state index is 0.850. The number of carboxylic acids is 1. The van der Waals surface area contributed by atoms with Crippen LogP contribution in [0.5, 0.6) is 0 Å². The Hall–Kier alpha value is -0.820. The molecular formula is C9H15F3N2O2. The van der Waals surface area contributed by atoms with Crippen LogP contribution in [0.25, 0.3) is 0 Å². The highest BCUT2D eigenvalue weighted by molar-refractivity contribution is 5.73. The van der Waals surface area contributed by atoms with E-state index in [1.54, 1.807) is 0 Å². The van der Waals surface area contributed by atoms with Gasteiger partial charge in [0.25, 0.3) is 0 Å². The predicted octanol–water partition coefficient (Wildman–Crippen LogP) is 1.38. The Morgan fingerprint density at radius 3 is 2.00 bits per heavy atom. The minimum Gasteiger partial charge on any atom is -0.475 e. The summed E-state index contributed by atoms with van der Waals surface area (Å²) >= 11 is 0. The molecule has 4 nitrogen and oxygen atoms in total. The van der Waals surface area contributed by atoms with Crippen molar-refractivity contribution in [1.82, 2.24) is 10.4 Å². The van der Waals surface area contributed by atoms with Crippen molar-refractivity contribution in [3.63, 3.8) is 0 Å². The van der Waals surface area contributed by atoms with E-state index < -0.39 is 12.1 Å². The summed E-state index contributed by atoms with van der Waals surface area (Å²) in [6, 6.07) is 0.850. The number of nitrogens with one attached hydrogen (secondary N) is 1. The van der Waals surface area contributed by atoms with Crippen LogP contribution in [0.1, 0.15) is 25.7 Å². The second-order valence-electron chi connectivity index (χ2n) is 3.90. The lowest BCUT2D eigenvalue weighted by atomic mass is 10.4. The zero-order valence-electron chi connectivity index (χ0n) is 8.76. The van der Waals surface area contributed by atoms with Gasteiger partial charge < -0.3 is 5.11 Å². The van der Waals surface area contributed by atoms with Crippen LogP contribution in [0.3, 0.4) is 0 Å². The highest BCUT2D eigenvalue weighted by atomic mass is 19.4. The lowest BCUT2D eigenvalue weighted by molar-refractivity contribution is -0.192. The summed E-state index contributed by atoms with van der Waals surface area (Å²) in [7, 11) is 0. The summed E-state index contributed by atoms with van der Waals surface area (Å²) in [5, 5.41) is 9.50. The van der Waals surface area contributed by atoms with Crippen molar-refractivity contribution < 1.29 is 23.1 Å². The van der Waals surface area contributed by atoms with Crippen molar-refractivity contribution in [3.05, 3.63) is 0 Å². The number of hydrogen-bond donors (Lipinski definition) is 2. The van der Waals surface area contributed by atoms with Gasteiger partial charge in [0.05, 0.1) is 0 Å². The maximum atomic E-state index is 10.6. The molecule has 1 aliphatic heterocycles. The summed E-state index contributed by atoms with van der Waals surface area (Å²) in [5.74, 6) is -2.76. The van der Waals surface area contributed by atoms with Crippen LogP contribution >= 0.6 is 0 Å². The van der Waals surface area contributed by atoms with Crippen LogP contribution in [0.2, 0.25) is 0 Å². The number of nitrogens with zero attached hydrogens (tertiary/aromatic N) is 1. The number of alkyl halides is 3. The molecule has 0 amide bonds. The normalized spacial score (nSPS) is 21.4. The number of carbonyl (C=O) groups is 1. The van der Waals surface area contributed by atoms with Gasteiger partial charge in [-0.3, -0.25) is 5.43 Å². The summed E-state index contributed by atoms with van der Waals surface area (Å²) < 4.78 is 31.7. The van der Waals surface area contributed by atoms with Gasteiger partial charge in [-0.1, -0.05) is 0 Å². The van der Waals surface area contributed by atoms with Gasteiger partial charge in [0.2, 0.25) is 0 Å². The molecule has 0 radical (unpaired) electrons. The van der Waals surface area contributed by atoms with Gasteiger partial charge in [-0.25, -0.2) is 9.80 Å². The summed E-state index contributed by atoms with van der Waals surface area (Å²) in [6.07, 6.45) is 0.492. The monoisotopic (exact) mass is 240 g/mol. The van der Waals surface area contributed by atoms with Crippen LogP contribution in [0, 0.1) is 0 Å². The van der Waals surface area contributed by atoms with Crippen molar-refractivity contribution in [2.45, 2.75) is 37.9 Å². The lowest BCUT2D eigenvalue weighted by Crippen LogP contribution is -2.36. The number of hydrazine groups is 1. The van der Waals surface area contributed by atoms with Gasteiger partial charge in [-0.2, -0.15) is 13.2 Å². The molecule has 2 fully saturated rings. The van der Waals surface area contributed by atoms with E-state index in [4.69, 9.17) is 9.90 Å². The molecule has 0 unspecified atom stereocenters. The van der Waals surface area contributed by atoms with Crippen molar-refractivity contribution in [2.75, 3.05) is 13.1 Å². The third-order valence-electron chi connectivity index (χ3n) is 2.29. The maximum Gasteiger partial charge on any atom is 0.490 e. The highest BCUT2D eigenvalue weighted by Gasteiger charge is 2.38. The molecule has 2 rings (SSSR count). The first-order chi connectivity index (χ1) is 7.39. The molecule has 2 N–H and O–H groups in total. The van der Waals surface area contributed by atoms with Gasteiger partial charge in [0, 0.05) is 19.1 Å². The number of rotatable bonds is 2. The number of halogens is 3. The molecular weight excluding hydrogens is 225 g/mol. The van der Waals surface area contributed by atoms with Gasteiger partial charge >= 0.3 is 12.1 Å². The van der Waals surface area contributed by atoms with Crippen LogP contribution in [0.4, 0.5) is 13.2 Å². The Morgan fingerprint density at radius 2 is 1.69 bits per heavy atom. The Morgan fingerprint density at radius 1 is 1.25 bits per heavy atom. The molecule has 94 valence electrons. The fourth-order valence-electron chi connectivity index (χ4n) is 1.32. The lowest BCUT2D eigenvalue weighted by Gasteiger charge is -2.14. The molecule has 1 saturated heterocycles. The first-order valence-corrected chi connectivity index (χ1v) is 5.21. The molecule has 0 spiro atoms. The Balaban J connectivity index is 0.000000168. The third-order valence-corrected chi connectivity index (χ3v) is 2.29. The molecule has 0 aromatic carbocycles. The Labute approximate surface area is 91.4 Å². The zero-order chi connectivity index (χ0) is 12.2.